The summed E-state index contributed by atoms with van der Waals surface area (Å²) in [6, 6.07) is 7.35. The van der Waals surface area contributed by atoms with E-state index in [2.05, 4.69) is 4.84 Å². The molecule has 0 atom stereocenters. The van der Waals surface area contributed by atoms with Gasteiger partial charge in [-0.3, -0.25) is 4.79 Å². The normalized spacial score (nSPS) is 9.79. The van der Waals surface area contributed by atoms with Crippen LogP contribution in [-0.4, -0.2) is 11.7 Å². The molecule has 1 aromatic carbocycles. The minimum Gasteiger partial charge on any atom is -0.412 e. The first-order valence-electron chi connectivity index (χ1n) is 4.04. The van der Waals surface area contributed by atoms with Crippen molar-refractivity contribution in [3.8, 4) is 5.75 Å². The van der Waals surface area contributed by atoms with E-state index in [1.54, 1.807) is 12.1 Å². The summed E-state index contributed by atoms with van der Waals surface area (Å²) in [6.45, 7) is 0. The molecule has 76 valence electrons. The molecule has 14 heavy (non-hydrogen) atoms. The van der Waals surface area contributed by atoms with Crippen molar-refractivity contribution in [2.45, 2.75) is 5.75 Å². The van der Waals surface area contributed by atoms with Crippen molar-refractivity contribution < 1.29 is 9.63 Å². The van der Waals surface area contributed by atoms with Crippen LogP contribution in [0.2, 0.25) is 0 Å². The van der Waals surface area contributed by atoms with Gasteiger partial charge in [0.05, 0.1) is 5.75 Å². The van der Waals surface area contributed by atoms with Gasteiger partial charge in [0.1, 0.15) is 5.75 Å². The smallest absolute Gasteiger partial charge is 0.227 e. The highest BCUT2D eigenvalue weighted by Gasteiger charge is 1.97. The number of thioether (sulfide) groups is 1. The molecule has 4 N–H and O–H groups in total. The lowest BCUT2D eigenvalue weighted by Crippen LogP contribution is -2.13. The summed E-state index contributed by atoms with van der Waals surface area (Å²) in [4.78, 5) is 15.0. The van der Waals surface area contributed by atoms with Crippen LogP contribution in [0.1, 0.15) is 5.56 Å². The Morgan fingerprint density at radius 2 is 2.00 bits per heavy atom. The molecule has 0 fully saturated rings. The SMILES string of the molecule is NOc1ccc(CSCC(N)=O)cc1. The van der Waals surface area contributed by atoms with Crippen LogP contribution >= 0.6 is 11.8 Å². The molecule has 0 saturated carbocycles. The second-order valence-corrected chi connectivity index (χ2v) is 3.71. The van der Waals surface area contributed by atoms with Crippen molar-refractivity contribution in [1.82, 2.24) is 0 Å². The maximum atomic E-state index is 10.5. The fourth-order valence-electron chi connectivity index (χ4n) is 0.934. The molecule has 0 unspecified atom stereocenters. The number of amides is 1. The topological polar surface area (TPSA) is 78.3 Å². The molecule has 0 aliphatic rings. The summed E-state index contributed by atoms with van der Waals surface area (Å²) in [5.74, 6) is 6.40. The van der Waals surface area contributed by atoms with E-state index in [1.165, 1.54) is 11.8 Å². The lowest BCUT2D eigenvalue weighted by Gasteiger charge is -2.01. The van der Waals surface area contributed by atoms with Gasteiger partial charge in [-0.15, -0.1) is 11.8 Å². The van der Waals surface area contributed by atoms with Gasteiger partial charge >= 0.3 is 0 Å². The second-order valence-electron chi connectivity index (χ2n) is 2.72. The maximum Gasteiger partial charge on any atom is 0.227 e. The van der Waals surface area contributed by atoms with Crippen LogP contribution in [0.25, 0.3) is 0 Å². The Balaban J connectivity index is 2.40. The third kappa shape index (κ3) is 3.68. The molecule has 5 heteroatoms. The first-order valence-corrected chi connectivity index (χ1v) is 5.19. The molecular weight excluding hydrogens is 200 g/mol. The zero-order chi connectivity index (χ0) is 10.4. The molecule has 1 rings (SSSR count). The standard InChI is InChI=1S/C9H12N2O2S/c10-9(12)6-14-5-7-1-3-8(13-11)4-2-7/h1-4H,5-6,11H2,(H2,10,12). The van der Waals surface area contributed by atoms with Crippen molar-refractivity contribution in [2.24, 2.45) is 11.6 Å². The van der Waals surface area contributed by atoms with Crippen molar-refractivity contribution >= 4 is 17.7 Å². The Morgan fingerprint density at radius 3 is 2.50 bits per heavy atom. The van der Waals surface area contributed by atoms with E-state index >= 15 is 0 Å². The molecule has 1 aromatic rings. The van der Waals surface area contributed by atoms with Gasteiger partial charge in [0.25, 0.3) is 0 Å². The fourth-order valence-corrected chi connectivity index (χ4v) is 1.67. The summed E-state index contributed by atoms with van der Waals surface area (Å²) >= 11 is 1.48. The van der Waals surface area contributed by atoms with Crippen molar-refractivity contribution in [3.63, 3.8) is 0 Å². The van der Waals surface area contributed by atoms with E-state index in [-0.39, 0.29) is 5.91 Å². The van der Waals surface area contributed by atoms with Crippen LogP contribution in [0.3, 0.4) is 0 Å². The Kier molecular flexibility index (Phi) is 4.28. The lowest BCUT2D eigenvalue weighted by atomic mass is 10.2. The number of hydrogen-bond acceptors (Lipinski definition) is 4. The fraction of sp³-hybridized carbons (Fsp3) is 0.222. The number of hydrogen-bond donors (Lipinski definition) is 2. The van der Waals surface area contributed by atoms with E-state index in [4.69, 9.17) is 11.6 Å². The minimum absolute atomic E-state index is 0.295. The average Bonchev–Trinajstić information content (AvgIpc) is 2.18. The zero-order valence-electron chi connectivity index (χ0n) is 7.60. The third-order valence-electron chi connectivity index (χ3n) is 1.57. The van der Waals surface area contributed by atoms with E-state index in [9.17, 15) is 4.79 Å². The summed E-state index contributed by atoms with van der Waals surface area (Å²) in [7, 11) is 0. The Bertz CT molecular complexity index is 300. The molecule has 0 aliphatic heterocycles. The van der Waals surface area contributed by atoms with Gasteiger partial charge in [-0.25, -0.2) is 0 Å². The van der Waals surface area contributed by atoms with Crippen molar-refractivity contribution in [1.29, 1.82) is 0 Å². The summed E-state index contributed by atoms with van der Waals surface area (Å²) in [5.41, 5.74) is 6.11. The summed E-state index contributed by atoms with van der Waals surface area (Å²) in [6.07, 6.45) is 0. The Labute approximate surface area is 86.6 Å². The van der Waals surface area contributed by atoms with Crippen LogP contribution in [0.4, 0.5) is 0 Å². The monoisotopic (exact) mass is 212 g/mol. The molecule has 0 heterocycles. The summed E-state index contributed by atoms with van der Waals surface area (Å²) in [5, 5.41) is 0. The lowest BCUT2D eigenvalue weighted by molar-refractivity contribution is -0.115. The van der Waals surface area contributed by atoms with Gasteiger partial charge < -0.3 is 10.6 Å². The van der Waals surface area contributed by atoms with Gasteiger partial charge in [0.2, 0.25) is 5.91 Å². The third-order valence-corrected chi connectivity index (χ3v) is 2.60. The number of primary amides is 1. The van der Waals surface area contributed by atoms with Gasteiger partial charge in [-0.2, -0.15) is 5.90 Å². The van der Waals surface area contributed by atoms with Crippen molar-refractivity contribution in [2.75, 3.05) is 5.75 Å². The highest BCUT2D eigenvalue weighted by atomic mass is 32.2. The predicted molar refractivity (Wildman–Crippen MR) is 56.6 cm³/mol. The Hall–Kier alpha value is -1.20. The van der Waals surface area contributed by atoms with Gasteiger partial charge in [-0.1, -0.05) is 12.1 Å². The first kappa shape index (κ1) is 10.9. The van der Waals surface area contributed by atoms with Crippen LogP contribution in [0.5, 0.6) is 5.75 Å². The van der Waals surface area contributed by atoms with Gasteiger partial charge in [-0.05, 0) is 17.7 Å². The summed E-state index contributed by atoms with van der Waals surface area (Å²) < 4.78 is 0. The van der Waals surface area contributed by atoms with Gasteiger partial charge in [0, 0.05) is 5.75 Å². The predicted octanol–water partition coefficient (Wildman–Crippen LogP) is 0.658. The molecular formula is C9H12N2O2S. The number of carbonyl (C=O) groups is 1. The molecule has 1 amide bonds. The van der Waals surface area contributed by atoms with E-state index in [0.29, 0.717) is 11.5 Å². The molecule has 0 radical (unpaired) electrons. The Morgan fingerprint density at radius 1 is 1.36 bits per heavy atom. The maximum absolute atomic E-state index is 10.5. The second kappa shape index (κ2) is 5.51. The number of rotatable bonds is 5. The highest BCUT2D eigenvalue weighted by molar-refractivity contribution is 7.99. The number of benzene rings is 1. The van der Waals surface area contributed by atoms with E-state index < -0.39 is 0 Å². The van der Waals surface area contributed by atoms with Crippen LogP contribution in [-0.2, 0) is 10.5 Å². The number of nitrogens with two attached hydrogens (primary N) is 2. The molecule has 0 aromatic heterocycles. The molecule has 0 saturated heterocycles. The average molecular weight is 212 g/mol. The van der Waals surface area contributed by atoms with E-state index in [0.717, 1.165) is 11.3 Å². The quantitative estimate of drug-likeness (QED) is 0.703. The van der Waals surface area contributed by atoms with Gasteiger partial charge in [0.15, 0.2) is 0 Å². The first-order chi connectivity index (χ1) is 6.72. The van der Waals surface area contributed by atoms with Crippen LogP contribution in [0.15, 0.2) is 24.3 Å². The van der Waals surface area contributed by atoms with Crippen LogP contribution in [0, 0.1) is 0 Å². The van der Waals surface area contributed by atoms with E-state index in [1.807, 2.05) is 12.1 Å². The largest absolute Gasteiger partial charge is 0.412 e. The van der Waals surface area contributed by atoms with Crippen molar-refractivity contribution in [3.05, 3.63) is 29.8 Å². The number of carbonyl (C=O) groups excluding carboxylic acids is 1. The highest BCUT2D eigenvalue weighted by Crippen LogP contribution is 2.15. The van der Waals surface area contributed by atoms with Crippen LogP contribution < -0.4 is 16.5 Å². The molecule has 0 aliphatic carbocycles. The molecule has 4 nitrogen and oxygen atoms in total. The minimum atomic E-state index is -0.295. The molecule has 0 spiro atoms. The molecule has 0 bridgehead atoms. The zero-order valence-corrected chi connectivity index (χ0v) is 8.42.